The predicted molar refractivity (Wildman–Crippen MR) is 68.4 cm³/mol. The molecule has 0 N–H and O–H groups in total. The number of nitrogens with zero attached hydrogens (tertiary/aromatic N) is 1. The minimum Gasteiger partial charge on any atom is -0.492 e. The van der Waals surface area contributed by atoms with E-state index in [0.717, 1.165) is 42.9 Å². The van der Waals surface area contributed by atoms with E-state index >= 15 is 0 Å². The summed E-state index contributed by atoms with van der Waals surface area (Å²) < 4.78 is 5.60. The number of Topliss-reactive ketones (excluding diaryl/α,β-unsaturated/α-hetero) is 1. The summed E-state index contributed by atoms with van der Waals surface area (Å²) in [5.74, 6) is 1.02. The van der Waals surface area contributed by atoms with Crippen molar-refractivity contribution in [2.24, 2.45) is 0 Å². The van der Waals surface area contributed by atoms with Crippen molar-refractivity contribution in [3.8, 4) is 5.75 Å². The van der Waals surface area contributed by atoms with Crippen LogP contribution in [0, 0.1) is 6.92 Å². The fourth-order valence-electron chi connectivity index (χ4n) is 1.53. The minimum absolute atomic E-state index is 0.210. The molecule has 0 atom stereocenters. The van der Waals surface area contributed by atoms with Gasteiger partial charge in [-0.05, 0) is 38.3 Å². The van der Waals surface area contributed by atoms with Crippen LogP contribution < -0.4 is 4.74 Å². The van der Waals surface area contributed by atoms with Crippen molar-refractivity contribution in [3.63, 3.8) is 0 Å². The van der Waals surface area contributed by atoms with Crippen LogP contribution in [-0.2, 0) is 11.2 Å². The molecule has 0 bridgehead atoms. The molecule has 3 heteroatoms. The van der Waals surface area contributed by atoms with Gasteiger partial charge in [0.1, 0.15) is 11.5 Å². The first-order valence-corrected chi connectivity index (χ1v) is 6.21. The Morgan fingerprint density at radius 2 is 2.24 bits per heavy atom. The summed E-state index contributed by atoms with van der Waals surface area (Å²) >= 11 is 0. The summed E-state index contributed by atoms with van der Waals surface area (Å²) in [4.78, 5) is 15.3. The number of aryl methyl sites for hydroxylation is 2. The highest BCUT2D eigenvalue weighted by atomic mass is 16.5. The standard InChI is InChI=1S/C14H21NO2/c1-4-5-8-17-14-9-13(7-6-11(2)16)12(3)15-10-14/h9-10H,4-8H2,1-3H3. The Morgan fingerprint density at radius 3 is 2.88 bits per heavy atom. The third kappa shape index (κ3) is 4.98. The van der Waals surface area contributed by atoms with Crippen molar-refractivity contribution in [1.29, 1.82) is 0 Å². The van der Waals surface area contributed by atoms with Crippen LogP contribution in [0.25, 0.3) is 0 Å². The maximum atomic E-state index is 11.0. The first-order chi connectivity index (χ1) is 8.13. The maximum absolute atomic E-state index is 11.0. The van der Waals surface area contributed by atoms with Crippen LogP contribution in [0.15, 0.2) is 12.3 Å². The highest BCUT2D eigenvalue weighted by molar-refractivity contribution is 5.75. The van der Waals surface area contributed by atoms with Crippen molar-refractivity contribution in [1.82, 2.24) is 4.98 Å². The zero-order chi connectivity index (χ0) is 12.7. The summed E-state index contributed by atoms with van der Waals surface area (Å²) in [7, 11) is 0. The van der Waals surface area contributed by atoms with Crippen molar-refractivity contribution in [3.05, 3.63) is 23.5 Å². The van der Waals surface area contributed by atoms with E-state index in [1.165, 1.54) is 0 Å². The molecule has 0 aliphatic rings. The van der Waals surface area contributed by atoms with Gasteiger partial charge in [-0.3, -0.25) is 4.98 Å². The van der Waals surface area contributed by atoms with Crippen molar-refractivity contribution >= 4 is 5.78 Å². The van der Waals surface area contributed by atoms with E-state index in [9.17, 15) is 4.79 Å². The lowest BCUT2D eigenvalue weighted by Crippen LogP contribution is -2.01. The highest BCUT2D eigenvalue weighted by Crippen LogP contribution is 2.16. The first-order valence-electron chi connectivity index (χ1n) is 6.21. The number of hydrogen-bond acceptors (Lipinski definition) is 3. The third-order valence-corrected chi connectivity index (χ3v) is 2.68. The lowest BCUT2D eigenvalue weighted by Gasteiger charge is -2.09. The van der Waals surface area contributed by atoms with Gasteiger partial charge in [-0.15, -0.1) is 0 Å². The molecule has 17 heavy (non-hydrogen) atoms. The summed E-state index contributed by atoms with van der Waals surface area (Å²) in [5.41, 5.74) is 2.09. The molecule has 1 heterocycles. The van der Waals surface area contributed by atoms with Crippen LogP contribution in [0.4, 0.5) is 0 Å². The second-order valence-corrected chi connectivity index (χ2v) is 4.32. The third-order valence-electron chi connectivity index (χ3n) is 2.68. The zero-order valence-corrected chi connectivity index (χ0v) is 11.0. The van der Waals surface area contributed by atoms with Crippen LogP contribution in [0.2, 0.25) is 0 Å². The Hall–Kier alpha value is -1.38. The van der Waals surface area contributed by atoms with Crippen molar-refractivity contribution < 1.29 is 9.53 Å². The molecule has 0 aliphatic carbocycles. The number of carbonyl (C=O) groups is 1. The Balaban J connectivity index is 2.62. The Morgan fingerprint density at radius 1 is 1.47 bits per heavy atom. The molecular formula is C14H21NO2. The highest BCUT2D eigenvalue weighted by Gasteiger charge is 2.04. The Kier molecular flexibility index (Phi) is 5.67. The second-order valence-electron chi connectivity index (χ2n) is 4.32. The fraction of sp³-hybridized carbons (Fsp3) is 0.571. The van der Waals surface area contributed by atoms with Gasteiger partial charge in [-0.1, -0.05) is 13.3 Å². The Bertz CT molecular complexity index is 374. The van der Waals surface area contributed by atoms with E-state index in [4.69, 9.17) is 4.74 Å². The summed E-state index contributed by atoms with van der Waals surface area (Å²) in [5, 5.41) is 0. The Labute approximate surface area is 103 Å². The molecule has 94 valence electrons. The molecule has 1 aromatic heterocycles. The van der Waals surface area contributed by atoms with E-state index in [0.29, 0.717) is 6.42 Å². The first kappa shape index (κ1) is 13.7. The number of aromatic nitrogens is 1. The second kappa shape index (κ2) is 7.05. The van der Waals surface area contributed by atoms with E-state index < -0.39 is 0 Å². The van der Waals surface area contributed by atoms with Gasteiger partial charge in [0.2, 0.25) is 0 Å². The fourth-order valence-corrected chi connectivity index (χ4v) is 1.53. The van der Waals surface area contributed by atoms with Gasteiger partial charge in [0.05, 0.1) is 12.8 Å². The summed E-state index contributed by atoms with van der Waals surface area (Å²) in [6, 6.07) is 2.00. The van der Waals surface area contributed by atoms with E-state index in [1.807, 2.05) is 13.0 Å². The lowest BCUT2D eigenvalue weighted by molar-refractivity contribution is -0.116. The molecule has 0 radical (unpaired) electrons. The number of carbonyl (C=O) groups excluding carboxylic acids is 1. The van der Waals surface area contributed by atoms with Gasteiger partial charge >= 0.3 is 0 Å². The van der Waals surface area contributed by atoms with Gasteiger partial charge in [-0.25, -0.2) is 0 Å². The number of ketones is 1. The molecule has 0 aliphatic heterocycles. The molecule has 1 rings (SSSR count). The van der Waals surface area contributed by atoms with Crippen LogP contribution in [0.3, 0.4) is 0 Å². The molecule has 3 nitrogen and oxygen atoms in total. The molecule has 0 unspecified atom stereocenters. The number of pyridine rings is 1. The average Bonchev–Trinajstić information content (AvgIpc) is 2.29. The summed E-state index contributed by atoms with van der Waals surface area (Å²) in [6.07, 6.45) is 5.25. The monoisotopic (exact) mass is 235 g/mol. The van der Waals surface area contributed by atoms with Crippen molar-refractivity contribution in [2.75, 3.05) is 6.61 Å². The van der Waals surface area contributed by atoms with Gasteiger partial charge in [0.15, 0.2) is 0 Å². The van der Waals surface area contributed by atoms with Gasteiger partial charge < -0.3 is 9.53 Å². The van der Waals surface area contributed by atoms with Gasteiger partial charge in [-0.2, -0.15) is 0 Å². The molecular weight excluding hydrogens is 214 g/mol. The normalized spacial score (nSPS) is 10.3. The lowest BCUT2D eigenvalue weighted by atomic mass is 10.1. The number of hydrogen-bond donors (Lipinski definition) is 0. The quantitative estimate of drug-likeness (QED) is 0.682. The van der Waals surface area contributed by atoms with Gasteiger partial charge in [0, 0.05) is 12.1 Å². The topological polar surface area (TPSA) is 39.2 Å². The van der Waals surface area contributed by atoms with Crippen LogP contribution in [0.5, 0.6) is 5.75 Å². The molecule has 0 amide bonds. The van der Waals surface area contributed by atoms with Crippen molar-refractivity contribution in [2.45, 2.75) is 46.5 Å². The largest absolute Gasteiger partial charge is 0.492 e. The average molecular weight is 235 g/mol. The van der Waals surface area contributed by atoms with E-state index in [-0.39, 0.29) is 5.78 Å². The molecule has 0 saturated carbocycles. The molecule has 1 aromatic rings. The molecule has 0 fully saturated rings. The summed E-state index contributed by atoms with van der Waals surface area (Å²) in [6.45, 7) is 6.44. The number of unbranched alkanes of at least 4 members (excludes halogenated alkanes) is 1. The maximum Gasteiger partial charge on any atom is 0.137 e. The van der Waals surface area contributed by atoms with Crippen LogP contribution in [0.1, 0.15) is 44.4 Å². The number of ether oxygens (including phenoxy) is 1. The molecule has 0 spiro atoms. The SMILES string of the molecule is CCCCOc1cnc(C)c(CCC(C)=O)c1. The zero-order valence-electron chi connectivity index (χ0n) is 11.0. The minimum atomic E-state index is 0.210. The van der Waals surface area contributed by atoms with E-state index in [2.05, 4.69) is 11.9 Å². The molecule has 0 aromatic carbocycles. The van der Waals surface area contributed by atoms with Crippen LogP contribution in [-0.4, -0.2) is 17.4 Å². The predicted octanol–water partition coefficient (Wildman–Crippen LogP) is 3.09. The van der Waals surface area contributed by atoms with E-state index in [1.54, 1.807) is 13.1 Å². The van der Waals surface area contributed by atoms with Crippen LogP contribution >= 0.6 is 0 Å². The smallest absolute Gasteiger partial charge is 0.137 e. The molecule has 0 saturated heterocycles. The van der Waals surface area contributed by atoms with Gasteiger partial charge in [0.25, 0.3) is 0 Å². The number of rotatable bonds is 7.